The topological polar surface area (TPSA) is 71.3 Å². The second kappa shape index (κ2) is 4.87. The zero-order valence-corrected chi connectivity index (χ0v) is 9.39. The Morgan fingerprint density at radius 1 is 1.33 bits per heavy atom. The number of hydrogen-bond acceptors (Lipinski definition) is 2. The lowest BCUT2D eigenvalue weighted by Gasteiger charge is -2.05. The number of nitrogens with zero attached hydrogens (tertiary/aromatic N) is 1. The Kier molecular flexibility index (Phi) is 3.27. The Bertz CT molecular complexity index is 606. The molecule has 5 nitrogen and oxygen atoms in total. The van der Waals surface area contributed by atoms with Crippen LogP contribution in [-0.4, -0.2) is 28.1 Å². The van der Waals surface area contributed by atoms with Gasteiger partial charge >= 0.3 is 5.97 Å². The van der Waals surface area contributed by atoms with Crippen molar-refractivity contribution >= 4 is 22.8 Å². The van der Waals surface area contributed by atoms with Crippen LogP contribution >= 0.6 is 0 Å². The standard InChI is InChI=1S/C12H11FN2O3/c13-9-1-2-10-8(5-9)3-4-15(10)7-11(16)14-6-12(17)18/h1-5H,6-7H2,(H,14,16)(H,17,18). The highest BCUT2D eigenvalue weighted by Gasteiger charge is 2.07. The molecule has 6 heteroatoms. The molecule has 0 fully saturated rings. The summed E-state index contributed by atoms with van der Waals surface area (Å²) in [4.78, 5) is 21.7. The molecular weight excluding hydrogens is 239 g/mol. The maximum Gasteiger partial charge on any atom is 0.322 e. The van der Waals surface area contributed by atoms with Crippen molar-refractivity contribution in [3.05, 3.63) is 36.3 Å². The predicted molar refractivity (Wildman–Crippen MR) is 62.5 cm³/mol. The van der Waals surface area contributed by atoms with E-state index in [1.807, 2.05) is 0 Å². The van der Waals surface area contributed by atoms with Crippen molar-refractivity contribution in [3.63, 3.8) is 0 Å². The van der Waals surface area contributed by atoms with Crippen molar-refractivity contribution in [3.8, 4) is 0 Å². The minimum atomic E-state index is -1.09. The molecule has 2 rings (SSSR count). The summed E-state index contributed by atoms with van der Waals surface area (Å²) >= 11 is 0. The predicted octanol–water partition coefficient (Wildman–Crippen LogP) is 0.981. The van der Waals surface area contributed by atoms with Gasteiger partial charge in [-0.15, -0.1) is 0 Å². The number of carboxylic acid groups (broad SMARTS) is 1. The van der Waals surface area contributed by atoms with Gasteiger partial charge in [-0.3, -0.25) is 9.59 Å². The lowest BCUT2D eigenvalue weighted by atomic mass is 10.2. The average Bonchev–Trinajstić information content (AvgIpc) is 2.69. The first-order valence-corrected chi connectivity index (χ1v) is 5.29. The van der Waals surface area contributed by atoms with Gasteiger partial charge < -0.3 is 15.0 Å². The van der Waals surface area contributed by atoms with E-state index in [1.54, 1.807) is 22.9 Å². The third kappa shape index (κ3) is 2.65. The Morgan fingerprint density at radius 3 is 2.83 bits per heavy atom. The normalized spacial score (nSPS) is 10.5. The van der Waals surface area contributed by atoms with E-state index in [2.05, 4.69) is 5.32 Å². The van der Waals surface area contributed by atoms with Crippen molar-refractivity contribution in [2.24, 2.45) is 0 Å². The van der Waals surface area contributed by atoms with Crippen molar-refractivity contribution in [1.82, 2.24) is 9.88 Å². The summed E-state index contributed by atoms with van der Waals surface area (Å²) < 4.78 is 14.6. The van der Waals surface area contributed by atoms with Gasteiger partial charge in [-0.1, -0.05) is 0 Å². The Hall–Kier alpha value is -2.37. The molecule has 0 aliphatic heterocycles. The summed E-state index contributed by atoms with van der Waals surface area (Å²) in [6, 6.07) is 5.97. The van der Waals surface area contributed by atoms with Crippen molar-refractivity contribution in [1.29, 1.82) is 0 Å². The van der Waals surface area contributed by atoms with E-state index in [0.717, 1.165) is 5.52 Å². The van der Waals surface area contributed by atoms with E-state index in [0.29, 0.717) is 5.39 Å². The molecule has 18 heavy (non-hydrogen) atoms. The van der Waals surface area contributed by atoms with Crippen LogP contribution in [-0.2, 0) is 16.1 Å². The van der Waals surface area contributed by atoms with Gasteiger partial charge in [0.25, 0.3) is 0 Å². The monoisotopic (exact) mass is 250 g/mol. The lowest BCUT2D eigenvalue weighted by molar-refractivity contribution is -0.138. The first-order chi connectivity index (χ1) is 8.56. The number of carboxylic acids is 1. The van der Waals surface area contributed by atoms with Crippen LogP contribution in [0.15, 0.2) is 30.5 Å². The second-order valence-corrected chi connectivity index (χ2v) is 3.82. The van der Waals surface area contributed by atoms with Gasteiger partial charge in [-0.05, 0) is 24.3 Å². The van der Waals surface area contributed by atoms with Gasteiger partial charge in [0.2, 0.25) is 5.91 Å². The van der Waals surface area contributed by atoms with Crippen LogP contribution in [0.1, 0.15) is 0 Å². The van der Waals surface area contributed by atoms with Gasteiger partial charge in [0.05, 0.1) is 0 Å². The summed E-state index contributed by atoms with van der Waals surface area (Å²) in [6.45, 7) is -0.408. The van der Waals surface area contributed by atoms with Crippen LogP contribution in [0.2, 0.25) is 0 Å². The van der Waals surface area contributed by atoms with E-state index < -0.39 is 18.4 Å². The number of aromatic nitrogens is 1. The molecule has 0 saturated carbocycles. The Balaban J connectivity index is 2.12. The van der Waals surface area contributed by atoms with Crippen LogP contribution in [0.4, 0.5) is 4.39 Å². The van der Waals surface area contributed by atoms with Gasteiger partial charge in [-0.2, -0.15) is 0 Å². The highest BCUT2D eigenvalue weighted by Crippen LogP contribution is 2.16. The van der Waals surface area contributed by atoms with Crippen molar-refractivity contribution < 1.29 is 19.1 Å². The fourth-order valence-electron chi connectivity index (χ4n) is 1.69. The van der Waals surface area contributed by atoms with E-state index >= 15 is 0 Å². The zero-order valence-electron chi connectivity index (χ0n) is 9.39. The number of benzene rings is 1. The first-order valence-electron chi connectivity index (χ1n) is 5.29. The molecule has 0 radical (unpaired) electrons. The minimum Gasteiger partial charge on any atom is -0.480 e. The maximum absolute atomic E-state index is 13.0. The summed E-state index contributed by atoms with van der Waals surface area (Å²) in [7, 11) is 0. The highest BCUT2D eigenvalue weighted by molar-refractivity contribution is 5.84. The Labute approximate surface area is 102 Å². The van der Waals surface area contributed by atoms with Gasteiger partial charge in [-0.25, -0.2) is 4.39 Å². The third-order valence-electron chi connectivity index (χ3n) is 2.48. The molecule has 0 atom stereocenters. The van der Waals surface area contributed by atoms with Crippen molar-refractivity contribution in [2.75, 3.05) is 6.54 Å². The molecule has 1 aromatic carbocycles. The zero-order chi connectivity index (χ0) is 13.1. The minimum absolute atomic E-state index is 0.00239. The molecule has 2 N–H and O–H groups in total. The van der Waals surface area contributed by atoms with Crippen LogP contribution in [0, 0.1) is 5.82 Å². The van der Waals surface area contributed by atoms with Crippen LogP contribution in [0.3, 0.4) is 0 Å². The average molecular weight is 250 g/mol. The number of rotatable bonds is 4. The van der Waals surface area contributed by atoms with Crippen LogP contribution in [0.25, 0.3) is 10.9 Å². The van der Waals surface area contributed by atoms with Gasteiger partial charge in [0.15, 0.2) is 0 Å². The molecule has 2 aromatic rings. The van der Waals surface area contributed by atoms with E-state index in [-0.39, 0.29) is 12.4 Å². The number of hydrogen-bond donors (Lipinski definition) is 2. The molecule has 1 heterocycles. The molecule has 1 amide bonds. The molecule has 0 aliphatic carbocycles. The largest absolute Gasteiger partial charge is 0.480 e. The number of carbonyl (C=O) groups excluding carboxylic acids is 1. The van der Waals surface area contributed by atoms with Gasteiger partial charge in [0, 0.05) is 17.1 Å². The summed E-state index contributed by atoms with van der Waals surface area (Å²) in [6.07, 6.45) is 1.66. The van der Waals surface area contributed by atoms with Gasteiger partial charge in [0.1, 0.15) is 18.9 Å². The summed E-state index contributed by atoms with van der Waals surface area (Å²) in [5.74, 6) is -1.84. The molecule has 0 spiro atoms. The number of halogens is 1. The third-order valence-corrected chi connectivity index (χ3v) is 2.48. The molecule has 94 valence electrons. The second-order valence-electron chi connectivity index (χ2n) is 3.82. The molecule has 0 saturated heterocycles. The summed E-state index contributed by atoms with van der Waals surface area (Å²) in [5, 5.41) is 11.4. The molecule has 0 bridgehead atoms. The lowest BCUT2D eigenvalue weighted by Crippen LogP contribution is -2.31. The summed E-state index contributed by atoms with van der Waals surface area (Å²) in [5.41, 5.74) is 0.724. The molecule has 0 aliphatic rings. The van der Waals surface area contributed by atoms with E-state index in [4.69, 9.17) is 5.11 Å². The molecule has 1 aromatic heterocycles. The Morgan fingerprint density at radius 2 is 2.11 bits per heavy atom. The first kappa shape index (κ1) is 12.1. The van der Waals surface area contributed by atoms with Crippen molar-refractivity contribution in [2.45, 2.75) is 6.54 Å². The SMILES string of the molecule is O=C(O)CNC(=O)Cn1ccc2cc(F)ccc21. The highest BCUT2D eigenvalue weighted by atomic mass is 19.1. The molecule has 0 unspecified atom stereocenters. The number of carbonyl (C=O) groups is 2. The quantitative estimate of drug-likeness (QED) is 0.849. The smallest absolute Gasteiger partial charge is 0.322 e. The number of aliphatic carboxylic acids is 1. The van der Waals surface area contributed by atoms with E-state index in [1.165, 1.54) is 12.1 Å². The van der Waals surface area contributed by atoms with Crippen LogP contribution in [0.5, 0.6) is 0 Å². The van der Waals surface area contributed by atoms with Crippen LogP contribution < -0.4 is 5.32 Å². The fourth-order valence-corrected chi connectivity index (χ4v) is 1.69. The fraction of sp³-hybridized carbons (Fsp3) is 0.167. The number of fused-ring (bicyclic) bond motifs is 1. The van der Waals surface area contributed by atoms with E-state index in [9.17, 15) is 14.0 Å². The number of nitrogens with one attached hydrogen (secondary N) is 1. The molecular formula is C12H11FN2O3. The maximum atomic E-state index is 13.0. The number of amides is 1.